The minimum Gasteiger partial charge on any atom is -0.404 e. The second kappa shape index (κ2) is 8.69. The van der Waals surface area contributed by atoms with Gasteiger partial charge in [0.15, 0.2) is 0 Å². The fourth-order valence-electron chi connectivity index (χ4n) is 2.06. The van der Waals surface area contributed by atoms with E-state index >= 15 is 0 Å². The van der Waals surface area contributed by atoms with Gasteiger partial charge in [0.05, 0.1) is 0 Å². The molecule has 0 aliphatic carbocycles. The van der Waals surface area contributed by atoms with Crippen LogP contribution < -0.4 is 11.1 Å². The molecule has 4 N–H and O–H groups in total. The van der Waals surface area contributed by atoms with E-state index in [2.05, 4.69) is 22.9 Å². The number of nitrogens with two attached hydrogens (primary N) is 1. The molecule has 0 aliphatic heterocycles. The molecule has 2 aromatic rings. The molecule has 0 atom stereocenters. The van der Waals surface area contributed by atoms with Gasteiger partial charge in [0.1, 0.15) is 0 Å². The zero-order chi connectivity index (χ0) is 17.4. The van der Waals surface area contributed by atoms with Gasteiger partial charge in [0, 0.05) is 53.5 Å². The van der Waals surface area contributed by atoms with Gasteiger partial charge >= 0.3 is 0 Å². The summed E-state index contributed by atoms with van der Waals surface area (Å²) in [5, 5.41) is 10.2. The number of hydrogen-bond acceptors (Lipinski definition) is 5. The largest absolute Gasteiger partial charge is 0.404 e. The van der Waals surface area contributed by atoms with Gasteiger partial charge in [0.25, 0.3) is 0 Å². The molecule has 0 saturated heterocycles. The first-order valence-electron chi connectivity index (χ1n) is 7.23. The van der Waals surface area contributed by atoms with Crippen molar-refractivity contribution >= 4 is 42.1 Å². The fraction of sp³-hybridized carbons (Fsp3) is 0.0556. The van der Waals surface area contributed by atoms with Gasteiger partial charge in [-0.2, -0.15) is 12.6 Å². The van der Waals surface area contributed by atoms with E-state index in [0.717, 1.165) is 17.3 Å². The lowest BCUT2D eigenvalue weighted by Gasteiger charge is -2.05. The van der Waals surface area contributed by atoms with Gasteiger partial charge in [-0.15, -0.1) is 0 Å². The number of nitrogens with zero attached hydrogens (tertiary/aromatic N) is 1. The highest BCUT2D eigenvalue weighted by Crippen LogP contribution is 2.17. The number of rotatable bonds is 6. The van der Waals surface area contributed by atoms with E-state index in [4.69, 9.17) is 11.1 Å². The second-order valence-corrected chi connectivity index (χ2v) is 5.22. The zero-order valence-corrected chi connectivity index (χ0v) is 13.8. The number of pyridine rings is 1. The Labute approximate surface area is 146 Å². The van der Waals surface area contributed by atoms with Crippen LogP contribution in [0, 0.1) is 5.41 Å². The van der Waals surface area contributed by atoms with E-state index in [1.165, 1.54) is 12.3 Å². The number of allylic oxidation sites excluding steroid dienone is 1. The Balaban J connectivity index is 2.12. The highest BCUT2D eigenvalue weighted by atomic mass is 32.1. The fourth-order valence-corrected chi connectivity index (χ4v) is 2.27. The molecule has 1 amide bonds. The number of hydrogen-bond donors (Lipinski definition) is 4. The van der Waals surface area contributed by atoms with Crippen molar-refractivity contribution in [1.82, 2.24) is 4.98 Å². The van der Waals surface area contributed by atoms with Crippen LogP contribution in [0.1, 0.15) is 16.7 Å². The highest BCUT2D eigenvalue weighted by molar-refractivity contribution is 7.79. The van der Waals surface area contributed by atoms with Crippen LogP contribution in [-0.4, -0.2) is 17.1 Å². The maximum Gasteiger partial charge on any atom is 0.248 e. The van der Waals surface area contributed by atoms with Gasteiger partial charge < -0.3 is 16.5 Å². The summed E-state index contributed by atoms with van der Waals surface area (Å²) in [5.41, 5.74) is 9.32. The van der Waals surface area contributed by atoms with E-state index in [1.807, 2.05) is 24.3 Å². The first-order valence-corrected chi connectivity index (χ1v) is 7.86. The molecule has 0 unspecified atom stereocenters. The lowest BCUT2D eigenvalue weighted by atomic mass is 10.0. The zero-order valence-electron chi connectivity index (χ0n) is 12.9. The summed E-state index contributed by atoms with van der Waals surface area (Å²) in [7, 11) is 0. The van der Waals surface area contributed by atoms with Gasteiger partial charge in [0.2, 0.25) is 5.91 Å². The first-order chi connectivity index (χ1) is 11.7. The van der Waals surface area contributed by atoms with E-state index < -0.39 is 0 Å². The molecule has 0 bridgehead atoms. The predicted octanol–water partition coefficient (Wildman–Crippen LogP) is 3.11. The summed E-state index contributed by atoms with van der Waals surface area (Å²) in [6.45, 7) is 0. The molecule has 0 radical (unpaired) electrons. The summed E-state index contributed by atoms with van der Waals surface area (Å²) in [6, 6.07) is 9.23. The summed E-state index contributed by atoms with van der Waals surface area (Å²) in [6.07, 6.45) is 8.81. The number of benzene rings is 1. The normalized spacial score (nSPS) is 11.5. The summed E-state index contributed by atoms with van der Waals surface area (Å²) >= 11 is 4.20. The number of nitrogens with one attached hydrogen (secondary N) is 2. The van der Waals surface area contributed by atoms with Crippen molar-refractivity contribution < 1.29 is 4.79 Å². The number of thiol groups is 1. The number of anilines is 1. The van der Waals surface area contributed by atoms with Crippen LogP contribution in [0.3, 0.4) is 0 Å². The number of carbonyl (C=O) groups excluding carboxylic acids is 1. The lowest BCUT2D eigenvalue weighted by molar-refractivity contribution is -0.111. The predicted molar refractivity (Wildman–Crippen MR) is 102 cm³/mol. The highest BCUT2D eigenvalue weighted by Gasteiger charge is 2.04. The van der Waals surface area contributed by atoms with Crippen LogP contribution in [0.25, 0.3) is 11.6 Å². The minimum atomic E-state index is -0.253. The summed E-state index contributed by atoms with van der Waals surface area (Å²) in [5.74, 6) is 0.402. The molecule has 1 heterocycles. The molecule has 122 valence electrons. The van der Waals surface area contributed by atoms with Gasteiger partial charge in [-0.25, -0.2) is 0 Å². The third-order valence-electron chi connectivity index (χ3n) is 3.32. The Hall–Kier alpha value is -2.86. The van der Waals surface area contributed by atoms with Crippen LogP contribution in [-0.2, 0) is 10.5 Å². The molecular formula is C18H18N4OS. The number of aromatic nitrogens is 1. The summed E-state index contributed by atoms with van der Waals surface area (Å²) < 4.78 is 0. The Kier molecular flexibility index (Phi) is 6.33. The molecule has 0 aliphatic rings. The smallest absolute Gasteiger partial charge is 0.248 e. The average Bonchev–Trinajstić information content (AvgIpc) is 2.62. The molecule has 24 heavy (non-hydrogen) atoms. The van der Waals surface area contributed by atoms with Gasteiger partial charge in [-0.1, -0.05) is 12.1 Å². The third kappa shape index (κ3) is 4.57. The number of carbonyl (C=O) groups is 1. The van der Waals surface area contributed by atoms with Crippen molar-refractivity contribution in [3.8, 4) is 0 Å². The molecule has 0 fully saturated rings. The third-order valence-corrected chi connectivity index (χ3v) is 3.68. The van der Waals surface area contributed by atoms with Crippen molar-refractivity contribution in [2.24, 2.45) is 5.73 Å². The first kappa shape index (κ1) is 17.5. The number of amides is 1. The Bertz CT molecular complexity index is 782. The standard InChI is InChI=1S/C18H18N4OS/c19-9-15(10-20)17-7-8-21-11-14(17)3-6-18(23)22-16-4-1-13(12-24)2-5-16/h1-11,19,24H,12,20H2,(H,22,23)/b6-3+,15-10+,19-9?. The van der Waals surface area contributed by atoms with Crippen molar-refractivity contribution in [3.63, 3.8) is 0 Å². The lowest BCUT2D eigenvalue weighted by Crippen LogP contribution is -2.07. The Morgan fingerprint density at radius 2 is 2.04 bits per heavy atom. The van der Waals surface area contributed by atoms with Gasteiger partial charge in [-0.3, -0.25) is 9.78 Å². The molecule has 1 aromatic heterocycles. The minimum absolute atomic E-state index is 0.253. The van der Waals surface area contributed by atoms with Gasteiger partial charge in [-0.05, 0) is 35.4 Å². The van der Waals surface area contributed by atoms with E-state index in [9.17, 15) is 4.79 Å². The molecule has 6 heteroatoms. The SMILES string of the molecule is N=C/C(=C\N)c1ccncc1/C=C/C(=O)Nc1ccc(CS)cc1. The van der Waals surface area contributed by atoms with Crippen LogP contribution in [0.4, 0.5) is 5.69 Å². The van der Waals surface area contributed by atoms with E-state index in [0.29, 0.717) is 22.6 Å². The van der Waals surface area contributed by atoms with Crippen molar-refractivity contribution in [1.29, 1.82) is 5.41 Å². The molecule has 2 rings (SSSR count). The van der Waals surface area contributed by atoms with Crippen LogP contribution in [0.2, 0.25) is 0 Å². The Morgan fingerprint density at radius 1 is 1.29 bits per heavy atom. The molecule has 1 aromatic carbocycles. The van der Waals surface area contributed by atoms with Crippen LogP contribution in [0.15, 0.2) is 55.0 Å². The topological polar surface area (TPSA) is 91.9 Å². The van der Waals surface area contributed by atoms with E-state index in [1.54, 1.807) is 24.5 Å². The maximum atomic E-state index is 12.0. The molecule has 0 spiro atoms. The maximum absolute atomic E-state index is 12.0. The quantitative estimate of drug-likeness (QED) is 0.370. The van der Waals surface area contributed by atoms with Crippen molar-refractivity contribution in [3.05, 3.63) is 71.7 Å². The Morgan fingerprint density at radius 3 is 2.67 bits per heavy atom. The van der Waals surface area contributed by atoms with Crippen molar-refractivity contribution in [2.75, 3.05) is 5.32 Å². The second-order valence-electron chi connectivity index (χ2n) is 4.91. The molecular weight excluding hydrogens is 320 g/mol. The summed E-state index contributed by atoms with van der Waals surface area (Å²) in [4.78, 5) is 16.1. The molecule has 0 saturated carbocycles. The monoisotopic (exact) mass is 338 g/mol. The van der Waals surface area contributed by atoms with Crippen LogP contribution in [0.5, 0.6) is 0 Å². The van der Waals surface area contributed by atoms with E-state index in [-0.39, 0.29) is 5.91 Å². The molecule has 5 nitrogen and oxygen atoms in total. The average molecular weight is 338 g/mol. The van der Waals surface area contributed by atoms with Crippen LogP contribution >= 0.6 is 12.6 Å². The van der Waals surface area contributed by atoms with Crippen molar-refractivity contribution in [2.45, 2.75) is 5.75 Å².